The van der Waals surface area contributed by atoms with Gasteiger partial charge in [0.2, 0.25) is 0 Å². The van der Waals surface area contributed by atoms with Crippen molar-refractivity contribution in [1.29, 1.82) is 0 Å². The molecule has 20 heavy (non-hydrogen) atoms. The predicted octanol–water partition coefficient (Wildman–Crippen LogP) is 2.85. The molecule has 0 bridgehead atoms. The number of aromatic amines is 1. The second-order valence-electron chi connectivity index (χ2n) is 4.72. The van der Waals surface area contributed by atoms with Gasteiger partial charge in [-0.1, -0.05) is 20.8 Å². The van der Waals surface area contributed by atoms with Gasteiger partial charge >= 0.3 is 0 Å². The van der Waals surface area contributed by atoms with Crippen molar-refractivity contribution in [3.05, 3.63) is 30.9 Å². The minimum Gasteiger partial charge on any atom is -0.345 e. The maximum atomic E-state index is 4.20. The minimum absolute atomic E-state index is 0.877. The SMILES string of the molecule is CC.CC1CCNC1.c1cn2c(cnc3[nH]ccc32)n1. The molecule has 4 rings (SSSR count). The van der Waals surface area contributed by atoms with Crippen molar-refractivity contribution in [1.82, 2.24) is 24.7 Å². The van der Waals surface area contributed by atoms with E-state index in [-0.39, 0.29) is 0 Å². The predicted molar refractivity (Wildman–Crippen MR) is 82.8 cm³/mol. The van der Waals surface area contributed by atoms with E-state index in [1.807, 2.05) is 36.7 Å². The zero-order valence-corrected chi connectivity index (χ0v) is 12.4. The molecular weight excluding hydrogens is 250 g/mol. The van der Waals surface area contributed by atoms with E-state index in [0.717, 1.165) is 22.7 Å². The number of H-pyrrole nitrogens is 1. The van der Waals surface area contributed by atoms with E-state index in [9.17, 15) is 0 Å². The van der Waals surface area contributed by atoms with Gasteiger partial charge < -0.3 is 10.3 Å². The molecule has 1 aliphatic rings. The van der Waals surface area contributed by atoms with Crippen molar-refractivity contribution in [3.63, 3.8) is 0 Å². The molecule has 0 spiro atoms. The summed E-state index contributed by atoms with van der Waals surface area (Å²) in [4.78, 5) is 11.4. The van der Waals surface area contributed by atoms with Crippen LogP contribution in [0.5, 0.6) is 0 Å². The average molecular weight is 273 g/mol. The zero-order chi connectivity index (χ0) is 14.4. The van der Waals surface area contributed by atoms with Gasteiger partial charge in [0.15, 0.2) is 11.3 Å². The van der Waals surface area contributed by atoms with Crippen molar-refractivity contribution in [3.8, 4) is 0 Å². The zero-order valence-electron chi connectivity index (χ0n) is 12.4. The van der Waals surface area contributed by atoms with Crippen molar-refractivity contribution >= 4 is 16.8 Å². The Morgan fingerprint density at radius 1 is 1.30 bits per heavy atom. The van der Waals surface area contributed by atoms with Crippen molar-refractivity contribution in [2.24, 2.45) is 5.92 Å². The van der Waals surface area contributed by atoms with Crippen LogP contribution >= 0.6 is 0 Å². The Kier molecular flexibility index (Phi) is 5.12. The van der Waals surface area contributed by atoms with Crippen LogP contribution in [0, 0.1) is 5.92 Å². The number of nitrogens with zero attached hydrogens (tertiary/aromatic N) is 3. The number of hydrogen-bond acceptors (Lipinski definition) is 3. The van der Waals surface area contributed by atoms with Crippen LogP contribution < -0.4 is 5.32 Å². The summed E-state index contributed by atoms with van der Waals surface area (Å²) in [7, 11) is 0. The molecule has 0 aliphatic carbocycles. The molecule has 1 fully saturated rings. The first-order chi connectivity index (χ1) is 9.84. The summed E-state index contributed by atoms with van der Waals surface area (Å²) < 4.78 is 2.00. The van der Waals surface area contributed by atoms with E-state index in [0.29, 0.717) is 0 Å². The van der Waals surface area contributed by atoms with Gasteiger partial charge in [-0.15, -0.1) is 0 Å². The van der Waals surface area contributed by atoms with Crippen LogP contribution in [0.1, 0.15) is 27.2 Å². The van der Waals surface area contributed by atoms with Gasteiger partial charge in [0.05, 0.1) is 11.7 Å². The van der Waals surface area contributed by atoms with Crippen LogP contribution in [0.3, 0.4) is 0 Å². The average Bonchev–Trinajstić information content (AvgIpc) is 3.21. The topological polar surface area (TPSA) is 58.0 Å². The molecule has 1 unspecified atom stereocenters. The molecule has 3 aromatic rings. The van der Waals surface area contributed by atoms with Crippen LogP contribution in [-0.2, 0) is 0 Å². The highest BCUT2D eigenvalue weighted by molar-refractivity contribution is 5.73. The molecule has 0 aromatic carbocycles. The van der Waals surface area contributed by atoms with E-state index in [4.69, 9.17) is 0 Å². The summed E-state index contributed by atoms with van der Waals surface area (Å²) in [5.41, 5.74) is 2.83. The lowest BCUT2D eigenvalue weighted by Gasteiger charge is -1.93. The standard InChI is InChI=1S/C8H6N4.C5H11N.C2H6/c1-2-10-8-6(1)12-4-3-9-7(12)5-11-8;1-5-2-3-6-4-5;1-2/h1-5,10H;5-6H,2-4H2,1H3;1-2H3. The second kappa shape index (κ2) is 7.05. The van der Waals surface area contributed by atoms with Crippen molar-refractivity contribution < 1.29 is 0 Å². The number of fused-ring (bicyclic) bond motifs is 3. The molecule has 5 heteroatoms. The number of nitrogens with one attached hydrogen (secondary N) is 2. The maximum Gasteiger partial charge on any atom is 0.155 e. The highest BCUT2D eigenvalue weighted by Crippen LogP contribution is 2.10. The third-order valence-corrected chi connectivity index (χ3v) is 3.25. The van der Waals surface area contributed by atoms with E-state index in [2.05, 4.69) is 27.2 Å². The quantitative estimate of drug-likeness (QED) is 0.662. The molecule has 0 radical (unpaired) electrons. The van der Waals surface area contributed by atoms with E-state index < -0.39 is 0 Å². The van der Waals surface area contributed by atoms with Crippen LogP contribution in [0.25, 0.3) is 16.8 Å². The summed E-state index contributed by atoms with van der Waals surface area (Å²) in [5, 5.41) is 3.27. The Labute approximate surface area is 119 Å². The molecule has 5 nitrogen and oxygen atoms in total. The maximum absolute atomic E-state index is 4.20. The fourth-order valence-electron chi connectivity index (χ4n) is 2.19. The molecule has 108 valence electrons. The highest BCUT2D eigenvalue weighted by Gasteiger charge is 2.06. The van der Waals surface area contributed by atoms with Crippen LogP contribution in [0.2, 0.25) is 0 Å². The van der Waals surface area contributed by atoms with Crippen molar-refractivity contribution in [2.45, 2.75) is 27.2 Å². The van der Waals surface area contributed by atoms with Crippen LogP contribution in [0.15, 0.2) is 30.9 Å². The van der Waals surface area contributed by atoms with Gasteiger partial charge in [-0.05, 0) is 31.5 Å². The number of hydrogen-bond donors (Lipinski definition) is 2. The Hall–Kier alpha value is -1.88. The van der Waals surface area contributed by atoms with E-state index in [1.165, 1.54) is 19.5 Å². The van der Waals surface area contributed by atoms with E-state index in [1.54, 1.807) is 12.4 Å². The van der Waals surface area contributed by atoms with Gasteiger partial charge in [0.25, 0.3) is 0 Å². The fraction of sp³-hybridized carbons (Fsp3) is 0.467. The molecule has 0 amide bonds. The van der Waals surface area contributed by atoms with Gasteiger partial charge in [0.1, 0.15) is 0 Å². The first kappa shape index (κ1) is 14.5. The largest absolute Gasteiger partial charge is 0.345 e. The smallest absolute Gasteiger partial charge is 0.155 e. The van der Waals surface area contributed by atoms with Gasteiger partial charge in [0, 0.05) is 18.6 Å². The monoisotopic (exact) mass is 273 g/mol. The molecule has 0 saturated carbocycles. The van der Waals surface area contributed by atoms with Crippen LogP contribution in [0.4, 0.5) is 0 Å². The lowest BCUT2D eigenvalue weighted by atomic mass is 10.2. The lowest BCUT2D eigenvalue weighted by molar-refractivity contribution is 0.651. The third kappa shape index (κ3) is 3.17. The summed E-state index contributed by atoms with van der Waals surface area (Å²) in [6, 6.07) is 1.98. The van der Waals surface area contributed by atoms with Crippen LogP contribution in [-0.4, -0.2) is 32.4 Å². The molecule has 1 atom stereocenters. The number of aromatic nitrogens is 4. The highest BCUT2D eigenvalue weighted by atomic mass is 15.0. The summed E-state index contributed by atoms with van der Waals surface area (Å²) in [6.45, 7) is 8.75. The molecule has 3 aromatic heterocycles. The van der Waals surface area contributed by atoms with Gasteiger partial charge in [-0.25, -0.2) is 9.97 Å². The van der Waals surface area contributed by atoms with Crippen molar-refractivity contribution in [2.75, 3.05) is 13.1 Å². The van der Waals surface area contributed by atoms with Gasteiger partial charge in [-0.2, -0.15) is 0 Å². The molecule has 2 N–H and O–H groups in total. The Bertz CT molecular complexity index is 584. The summed E-state index contributed by atoms with van der Waals surface area (Å²) in [6.07, 6.45) is 8.69. The molecule has 1 saturated heterocycles. The number of rotatable bonds is 0. The van der Waals surface area contributed by atoms with E-state index >= 15 is 0 Å². The third-order valence-electron chi connectivity index (χ3n) is 3.25. The fourth-order valence-corrected chi connectivity index (χ4v) is 2.19. The summed E-state index contributed by atoms with van der Waals surface area (Å²) >= 11 is 0. The molecular formula is C15H23N5. The summed E-state index contributed by atoms with van der Waals surface area (Å²) in [5.74, 6) is 0.935. The first-order valence-corrected chi connectivity index (χ1v) is 7.30. The molecule has 1 aliphatic heterocycles. The number of imidazole rings is 1. The lowest BCUT2D eigenvalue weighted by Crippen LogP contribution is -2.06. The van der Waals surface area contributed by atoms with Gasteiger partial charge in [-0.3, -0.25) is 4.40 Å². The second-order valence-corrected chi connectivity index (χ2v) is 4.72. The normalized spacial score (nSPS) is 17.4. The Balaban J connectivity index is 0.000000156. The Morgan fingerprint density at radius 3 is 2.80 bits per heavy atom. The molecule has 4 heterocycles. The Morgan fingerprint density at radius 2 is 2.15 bits per heavy atom. The minimum atomic E-state index is 0.877. The first-order valence-electron chi connectivity index (χ1n) is 7.30.